The number of carbonyl (C=O) groups is 3. The van der Waals surface area contributed by atoms with Crippen LogP contribution in [0, 0.1) is 0 Å². The van der Waals surface area contributed by atoms with Crippen LogP contribution in [0.3, 0.4) is 0 Å². The van der Waals surface area contributed by atoms with Gasteiger partial charge in [-0.3, -0.25) is 24.1 Å². The van der Waals surface area contributed by atoms with E-state index in [9.17, 15) is 19.2 Å². The molecule has 3 amide bonds. The van der Waals surface area contributed by atoms with Gasteiger partial charge in [-0.1, -0.05) is 32.9 Å². The number of piperazine rings is 1. The lowest BCUT2D eigenvalue weighted by Gasteiger charge is -2.36. The van der Waals surface area contributed by atoms with Crippen LogP contribution in [0.15, 0.2) is 52.8 Å². The third-order valence-corrected chi connectivity index (χ3v) is 9.36. The number of anilines is 2. The van der Waals surface area contributed by atoms with E-state index in [0.29, 0.717) is 55.1 Å². The van der Waals surface area contributed by atoms with E-state index in [0.717, 1.165) is 17.0 Å². The van der Waals surface area contributed by atoms with E-state index in [1.807, 2.05) is 55.3 Å². The van der Waals surface area contributed by atoms with Crippen LogP contribution < -0.4 is 25.8 Å². The minimum absolute atomic E-state index is 0.0144. The molecule has 276 valence electrons. The van der Waals surface area contributed by atoms with Crippen molar-refractivity contribution in [3.8, 4) is 5.75 Å². The maximum atomic E-state index is 14.1. The normalized spacial score (nSPS) is 13.4. The van der Waals surface area contributed by atoms with Gasteiger partial charge in [0, 0.05) is 61.7 Å². The molecule has 5 aromatic rings. The number of hydrogen-bond acceptors (Lipinski definition) is 12. The summed E-state index contributed by atoms with van der Waals surface area (Å²) in [7, 11) is 1.60. The molecule has 0 saturated carbocycles. The average Bonchev–Trinajstić information content (AvgIpc) is 3.81. The number of methoxy groups -OCH3 is 1. The summed E-state index contributed by atoms with van der Waals surface area (Å²) < 4.78 is 8.22. The van der Waals surface area contributed by atoms with Crippen molar-refractivity contribution in [1.29, 1.82) is 0 Å². The lowest BCUT2D eigenvalue weighted by atomic mass is 9.93. The smallest absolute Gasteiger partial charge is 0.404 e. The highest BCUT2D eigenvalue weighted by molar-refractivity contribution is 7.14. The molecular weight excluding hydrogens is 703 g/mol. The highest BCUT2D eigenvalue weighted by Crippen LogP contribution is 2.27. The van der Waals surface area contributed by atoms with E-state index in [-0.39, 0.29) is 41.1 Å². The van der Waals surface area contributed by atoms with Gasteiger partial charge >= 0.3 is 6.09 Å². The van der Waals surface area contributed by atoms with Crippen LogP contribution in [0.4, 0.5) is 15.7 Å². The molecule has 1 saturated heterocycles. The highest BCUT2D eigenvalue weighted by Gasteiger charge is 2.25. The summed E-state index contributed by atoms with van der Waals surface area (Å²) in [5.74, 6) is 0.928. The summed E-state index contributed by atoms with van der Waals surface area (Å²) in [5, 5.41) is 28.4. The zero-order valence-electron chi connectivity index (χ0n) is 29.6. The standard InChI is InChI=1S/C35H39N11O6S/c1-35(2,3)26-21-53-33(37-26)39-31(48)23-12-14-45-28(19-23)38-30(44-17-15-43(16-18-44)29(47)11-13-36-34(50)51)25(32(45)49)9-10-27-40-41-42-46(27)20-22-5-7-24(52-4)8-6-22/h5-10,12,14,19,21,36H,11,13,15-18,20H2,1-4H3,(H,50,51)(H,37,39,48)/b10-9+. The maximum absolute atomic E-state index is 14.1. The first kappa shape index (κ1) is 36.6. The number of nitrogens with zero attached hydrogens (tertiary/aromatic N) is 9. The number of amides is 3. The number of tetrazole rings is 1. The molecule has 0 aliphatic carbocycles. The van der Waals surface area contributed by atoms with Crippen LogP contribution in [0.5, 0.6) is 5.75 Å². The number of hydrogen-bond donors (Lipinski definition) is 3. The summed E-state index contributed by atoms with van der Waals surface area (Å²) in [6.45, 7) is 7.91. The SMILES string of the molecule is COc1ccc(Cn2nnnc2/C=C/c2c(N3CCN(C(=O)CCNC(=O)O)CC3)nc3cc(C(=O)Nc4nc(C(C)(C)C)cs4)ccn3c2=O)cc1. The second-order valence-corrected chi connectivity index (χ2v) is 14.1. The summed E-state index contributed by atoms with van der Waals surface area (Å²) >= 11 is 1.34. The Labute approximate surface area is 307 Å². The fraction of sp³-hybridized carbons (Fsp3) is 0.343. The lowest BCUT2D eigenvalue weighted by Crippen LogP contribution is -2.50. The van der Waals surface area contributed by atoms with Gasteiger partial charge in [-0.25, -0.2) is 19.4 Å². The first-order valence-corrected chi connectivity index (χ1v) is 17.7. The fourth-order valence-corrected chi connectivity index (χ4v) is 6.55. The summed E-state index contributed by atoms with van der Waals surface area (Å²) in [5.41, 5.74) is 2.07. The molecular formula is C35H39N11O6S. The first-order valence-electron chi connectivity index (χ1n) is 16.8. The Kier molecular flexibility index (Phi) is 10.8. The molecule has 0 radical (unpaired) electrons. The van der Waals surface area contributed by atoms with Gasteiger partial charge in [-0.05, 0) is 52.4 Å². The predicted molar refractivity (Wildman–Crippen MR) is 199 cm³/mol. The van der Waals surface area contributed by atoms with Crippen molar-refractivity contribution >= 4 is 58.0 Å². The van der Waals surface area contributed by atoms with Crippen molar-refractivity contribution in [3.63, 3.8) is 0 Å². The number of pyridine rings is 1. The molecule has 1 aliphatic heterocycles. The molecule has 53 heavy (non-hydrogen) atoms. The van der Waals surface area contributed by atoms with Gasteiger partial charge < -0.3 is 25.0 Å². The molecule has 1 fully saturated rings. The Morgan fingerprint density at radius 3 is 2.47 bits per heavy atom. The predicted octanol–water partition coefficient (Wildman–Crippen LogP) is 3.22. The number of ether oxygens (including phenoxy) is 1. The number of thiazole rings is 1. The third kappa shape index (κ3) is 8.66. The number of carbonyl (C=O) groups excluding carboxylic acids is 2. The van der Waals surface area contributed by atoms with Crippen LogP contribution in [-0.4, -0.2) is 102 Å². The molecule has 18 heteroatoms. The molecule has 0 atom stereocenters. The molecule has 0 bridgehead atoms. The van der Waals surface area contributed by atoms with Crippen molar-refractivity contribution in [2.75, 3.05) is 50.1 Å². The number of aromatic nitrogens is 7. The summed E-state index contributed by atoms with van der Waals surface area (Å²) in [6.07, 6.45) is 3.63. The number of benzene rings is 1. The zero-order chi connectivity index (χ0) is 37.7. The second-order valence-electron chi connectivity index (χ2n) is 13.3. The highest BCUT2D eigenvalue weighted by atomic mass is 32.1. The summed E-state index contributed by atoms with van der Waals surface area (Å²) in [6, 6.07) is 10.6. The molecule has 3 N–H and O–H groups in total. The Hall–Kier alpha value is -6.17. The zero-order valence-corrected chi connectivity index (χ0v) is 30.5. The van der Waals surface area contributed by atoms with Crippen LogP contribution in [0.1, 0.15) is 60.2 Å². The molecule has 17 nitrogen and oxygen atoms in total. The van der Waals surface area contributed by atoms with E-state index in [4.69, 9.17) is 14.8 Å². The molecule has 4 aromatic heterocycles. The van der Waals surface area contributed by atoms with Gasteiger partial charge in [-0.15, -0.1) is 16.4 Å². The molecule has 5 heterocycles. The monoisotopic (exact) mass is 741 g/mol. The Bertz CT molecular complexity index is 2210. The minimum atomic E-state index is -1.19. The van der Waals surface area contributed by atoms with E-state index < -0.39 is 12.0 Å². The molecule has 0 unspecified atom stereocenters. The fourth-order valence-electron chi connectivity index (χ4n) is 5.62. The third-order valence-electron chi connectivity index (χ3n) is 8.60. The van der Waals surface area contributed by atoms with E-state index in [1.54, 1.807) is 41.0 Å². The van der Waals surface area contributed by atoms with Crippen LogP contribution in [0.25, 0.3) is 17.8 Å². The van der Waals surface area contributed by atoms with E-state index in [2.05, 4.69) is 31.1 Å². The van der Waals surface area contributed by atoms with Gasteiger partial charge in [0.2, 0.25) is 5.91 Å². The van der Waals surface area contributed by atoms with Crippen LogP contribution >= 0.6 is 11.3 Å². The average molecular weight is 742 g/mol. The van der Waals surface area contributed by atoms with Gasteiger partial charge in [0.15, 0.2) is 11.0 Å². The second kappa shape index (κ2) is 15.6. The van der Waals surface area contributed by atoms with E-state index in [1.165, 1.54) is 21.9 Å². The van der Waals surface area contributed by atoms with Crippen molar-refractivity contribution in [1.82, 2.24) is 44.8 Å². The molecule has 1 aromatic carbocycles. The van der Waals surface area contributed by atoms with Crippen molar-refractivity contribution in [3.05, 3.63) is 86.5 Å². The minimum Gasteiger partial charge on any atom is -0.497 e. The lowest BCUT2D eigenvalue weighted by molar-refractivity contribution is -0.131. The van der Waals surface area contributed by atoms with E-state index >= 15 is 0 Å². The number of rotatable bonds is 11. The Morgan fingerprint density at radius 1 is 1.04 bits per heavy atom. The largest absolute Gasteiger partial charge is 0.497 e. The quantitative estimate of drug-likeness (QED) is 0.179. The maximum Gasteiger partial charge on any atom is 0.404 e. The Balaban J connectivity index is 1.30. The van der Waals surface area contributed by atoms with Crippen LogP contribution in [-0.2, 0) is 16.8 Å². The van der Waals surface area contributed by atoms with Gasteiger partial charge in [0.05, 0.1) is 24.9 Å². The molecule has 0 spiro atoms. The molecule has 6 rings (SSSR count). The van der Waals surface area contributed by atoms with Gasteiger partial charge in [0.25, 0.3) is 11.5 Å². The Morgan fingerprint density at radius 2 is 1.79 bits per heavy atom. The van der Waals surface area contributed by atoms with Gasteiger partial charge in [-0.2, -0.15) is 0 Å². The van der Waals surface area contributed by atoms with Gasteiger partial charge in [0.1, 0.15) is 17.2 Å². The summed E-state index contributed by atoms with van der Waals surface area (Å²) in [4.78, 5) is 64.0. The topological polar surface area (TPSA) is 202 Å². The first-order chi connectivity index (χ1) is 25.4. The number of nitrogens with one attached hydrogen (secondary N) is 2. The molecule has 1 aliphatic rings. The van der Waals surface area contributed by atoms with Crippen LogP contribution in [0.2, 0.25) is 0 Å². The number of carboxylic acid groups (broad SMARTS) is 1. The van der Waals surface area contributed by atoms with Crippen molar-refractivity contribution in [2.24, 2.45) is 0 Å². The van der Waals surface area contributed by atoms with Crippen molar-refractivity contribution < 1.29 is 24.2 Å². The number of fused-ring (bicyclic) bond motifs is 1. The van der Waals surface area contributed by atoms with Crippen molar-refractivity contribution in [2.45, 2.75) is 39.2 Å².